The minimum atomic E-state index is -4.60. The average Bonchev–Trinajstić information content (AvgIpc) is 3.24. The summed E-state index contributed by atoms with van der Waals surface area (Å²) in [6, 6.07) is -0.906. The quantitative estimate of drug-likeness (QED) is 0.0272. The van der Waals surface area contributed by atoms with E-state index in [1.807, 2.05) is 27.2 Å². The highest BCUT2D eigenvalue weighted by molar-refractivity contribution is 7.45. The lowest BCUT2D eigenvalue weighted by Gasteiger charge is -2.29. The maximum absolute atomic E-state index is 12.9. The van der Waals surface area contributed by atoms with E-state index in [1.165, 1.54) is 186 Å². The minimum absolute atomic E-state index is 0.00764. The summed E-state index contributed by atoms with van der Waals surface area (Å²) in [6.07, 6.45) is 57.9. The van der Waals surface area contributed by atoms with E-state index >= 15 is 0 Å². The van der Waals surface area contributed by atoms with Gasteiger partial charge >= 0.3 is 0 Å². The number of hydrogen-bond donors (Lipinski definition) is 2. The van der Waals surface area contributed by atoms with E-state index in [2.05, 4.69) is 43.5 Å². The molecule has 0 fully saturated rings. The summed E-state index contributed by atoms with van der Waals surface area (Å²) < 4.78 is 23.3. The predicted octanol–water partition coefficient (Wildman–Crippen LogP) is 15.2. The summed E-state index contributed by atoms with van der Waals surface area (Å²) in [5, 5.41) is 13.8. The molecule has 2 N–H and O–H groups in total. The number of amides is 1. The van der Waals surface area contributed by atoms with E-state index in [0.29, 0.717) is 17.4 Å². The van der Waals surface area contributed by atoms with E-state index < -0.39 is 26.6 Å². The Morgan fingerprint density at radius 3 is 1.29 bits per heavy atom. The first-order valence-corrected chi connectivity index (χ1v) is 28.3. The van der Waals surface area contributed by atoms with Crippen molar-refractivity contribution < 1.29 is 32.9 Å². The molecule has 0 saturated carbocycles. The first kappa shape index (κ1) is 61.7. The fourth-order valence-corrected chi connectivity index (χ4v) is 8.56. The Bertz CT molecular complexity index is 1120. The second-order valence-corrected chi connectivity index (χ2v) is 21.0. The van der Waals surface area contributed by atoms with Crippen LogP contribution in [0.4, 0.5) is 0 Å². The largest absolute Gasteiger partial charge is 0.756 e. The average molecular weight is 909 g/mol. The topological polar surface area (TPSA) is 108 Å². The number of hydrogen-bond acceptors (Lipinski definition) is 6. The van der Waals surface area contributed by atoms with Crippen molar-refractivity contribution in [1.82, 2.24) is 5.32 Å². The lowest BCUT2D eigenvalue weighted by atomic mass is 10.0. The van der Waals surface area contributed by atoms with Crippen molar-refractivity contribution in [2.75, 3.05) is 40.9 Å². The zero-order valence-corrected chi connectivity index (χ0v) is 43.2. The van der Waals surface area contributed by atoms with Gasteiger partial charge in [-0.1, -0.05) is 237 Å². The summed E-state index contributed by atoms with van der Waals surface area (Å²) in [6.45, 7) is 4.64. The third kappa shape index (κ3) is 48.5. The van der Waals surface area contributed by atoms with Crippen LogP contribution in [0.2, 0.25) is 0 Å². The molecule has 63 heavy (non-hydrogen) atoms. The van der Waals surface area contributed by atoms with Crippen molar-refractivity contribution in [3.05, 3.63) is 36.5 Å². The van der Waals surface area contributed by atoms with Crippen molar-refractivity contribution in [3.8, 4) is 0 Å². The van der Waals surface area contributed by atoms with Gasteiger partial charge in [-0.05, 0) is 44.9 Å². The summed E-state index contributed by atoms with van der Waals surface area (Å²) >= 11 is 0. The number of phosphoric acid groups is 1. The maximum Gasteiger partial charge on any atom is 0.268 e. The normalized spacial score (nSPS) is 14.3. The van der Waals surface area contributed by atoms with Crippen LogP contribution in [-0.2, 0) is 18.4 Å². The van der Waals surface area contributed by atoms with Gasteiger partial charge in [-0.15, -0.1) is 0 Å². The molecule has 3 atom stereocenters. The van der Waals surface area contributed by atoms with Crippen LogP contribution in [0.5, 0.6) is 0 Å². The Morgan fingerprint density at radius 2 is 0.889 bits per heavy atom. The summed E-state index contributed by atoms with van der Waals surface area (Å²) in [5.74, 6) is -0.209. The Balaban J connectivity index is 4.28. The summed E-state index contributed by atoms with van der Waals surface area (Å²) in [5.41, 5.74) is 0. The van der Waals surface area contributed by atoms with Crippen LogP contribution in [0.3, 0.4) is 0 Å². The van der Waals surface area contributed by atoms with Gasteiger partial charge in [-0.25, -0.2) is 0 Å². The van der Waals surface area contributed by atoms with Gasteiger partial charge in [-0.3, -0.25) is 9.36 Å². The highest BCUT2D eigenvalue weighted by Crippen LogP contribution is 2.38. The van der Waals surface area contributed by atoms with Crippen molar-refractivity contribution in [3.63, 3.8) is 0 Å². The molecule has 0 aliphatic heterocycles. The fraction of sp³-hybridized carbons (Fsp3) is 0.870. The first-order valence-electron chi connectivity index (χ1n) is 26.9. The molecule has 8 nitrogen and oxygen atoms in total. The van der Waals surface area contributed by atoms with Gasteiger partial charge in [0, 0.05) is 6.42 Å². The molecule has 0 rings (SSSR count). The number of carbonyl (C=O) groups excluding carboxylic acids is 1. The van der Waals surface area contributed by atoms with E-state index in [4.69, 9.17) is 9.05 Å². The van der Waals surface area contributed by atoms with Crippen LogP contribution in [0.1, 0.15) is 251 Å². The van der Waals surface area contributed by atoms with Crippen molar-refractivity contribution in [2.24, 2.45) is 0 Å². The molecule has 0 aliphatic rings. The van der Waals surface area contributed by atoms with Crippen molar-refractivity contribution >= 4 is 13.7 Å². The third-order valence-corrected chi connectivity index (χ3v) is 13.0. The number of allylic oxidation sites excluding steroid dienone is 5. The molecule has 0 aromatic heterocycles. The fourth-order valence-electron chi connectivity index (χ4n) is 7.83. The Kier molecular flexibility index (Phi) is 44.9. The Labute approximate surface area is 391 Å². The van der Waals surface area contributed by atoms with Crippen LogP contribution < -0.4 is 10.2 Å². The van der Waals surface area contributed by atoms with Crippen molar-refractivity contribution in [2.45, 2.75) is 264 Å². The molecule has 1 amide bonds. The molecule has 0 saturated heterocycles. The highest BCUT2D eigenvalue weighted by Gasteiger charge is 2.23. The number of quaternary nitrogens is 1. The van der Waals surface area contributed by atoms with Gasteiger partial charge in [0.25, 0.3) is 7.82 Å². The van der Waals surface area contributed by atoms with E-state index in [1.54, 1.807) is 6.08 Å². The van der Waals surface area contributed by atoms with Gasteiger partial charge in [0.2, 0.25) is 5.91 Å². The molecule has 3 unspecified atom stereocenters. The van der Waals surface area contributed by atoms with Crippen LogP contribution >= 0.6 is 7.82 Å². The Hall–Kier alpha value is -1.28. The minimum Gasteiger partial charge on any atom is -0.756 e. The van der Waals surface area contributed by atoms with Crippen LogP contribution in [0.25, 0.3) is 0 Å². The molecule has 0 aromatic rings. The zero-order chi connectivity index (χ0) is 46.4. The second kappa shape index (κ2) is 45.9. The molecule has 0 heterocycles. The number of carbonyl (C=O) groups is 1. The molecule has 372 valence electrons. The number of aliphatic hydroxyl groups excluding tert-OH is 1. The van der Waals surface area contributed by atoms with E-state index in [-0.39, 0.29) is 12.5 Å². The number of likely N-dealkylation sites (N-methyl/N-ethyl adjacent to an activating group) is 1. The number of phosphoric ester groups is 1. The number of unbranched alkanes of at least 4 members (excludes halogenated alkanes) is 32. The molecular formula is C54H105N2O6P. The van der Waals surface area contributed by atoms with Gasteiger partial charge in [0.05, 0.1) is 39.9 Å². The standard InChI is InChI=1S/C54H105N2O6P/c1-6-8-10-12-14-16-18-20-22-23-24-25-26-27-28-29-30-31-32-33-34-35-37-39-41-43-45-47-53(57)52(51-62-63(59,60)61-50-49-56(3,4)5)55-54(58)48-46-44-42-40-38-36-21-19-17-15-13-11-9-7-2/h32-33,37,39,45,47,52-53,57H,6-31,34-36,38,40-44,46,48-51H2,1-5H3,(H-,55,58,59,60)/b33-32+,39-37+,47-45+. The van der Waals surface area contributed by atoms with Gasteiger partial charge in [0.15, 0.2) is 0 Å². The number of aliphatic hydroxyl groups is 1. The zero-order valence-electron chi connectivity index (χ0n) is 42.3. The van der Waals surface area contributed by atoms with Gasteiger partial charge in [-0.2, -0.15) is 0 Å². The SMILES string of the molecule is CCCCCCCCCCCCCCCCCCC/C=C/CC/C=C/CC/C=C/C(O)C(COP(=O)([O-])OCC[N+](C)(C)C)NC(=O)CCCCCCCCCCCCCCCC. The molecule has 0 radical (unpaired) electrons. The lowest BCUT2D eigenvalue weighted by Crippen LogP contribution is -2.45. The molecule has 0 bridgehead atoms. The molecule has 9 heteroatoms. The summed E-state index contributed by atoms with van der Waals surface area (Å²) in [4.78, 5) is 25.4. The number of rotatable bonds is 49. The molecule has 0 aromatic carbocycles. The predicted molar refractivity (Wildman–Crippen MR) is 270 cm³/mol. The van der Waals surface area contributed by atoms with Crippen LogP contribution in [-0.4, -0.2) is 68.5 Å². The number of nitrogens with one attached hydrogen (secondary N) is 1. The lowest BCUT2D eigenvalue weighted by molar-refractivity contribution is -0.870. The third-order valence-electron chi connectivity index (χ3n) is 12.1. The summed E-state index contributed by atoms with van der Waals surface area (Å²) in [7, 11) is 1.24. The first-order chi connectivity index (χ1) is 30.5. The molecule has 0 spiro atoms. The number of nitrogens with zero attached hydrogens (tertiary/aromatic N) is 1. The molecule has 0 aliphatic carbocycles. The smallest absolute Gasteiger partial charge is 0.268 e. The van der Waals surface area contributed by atoms with Crippen LogP contribution in [0.15, 0.2) is 36.5 Å². The van der Waals surface area contributed by atoms with Crippen molar-refractivity contribution in [1.29, 1.82) is 0 Å². The maximum atomic E-state index is 12.9. The monoisotopic (exact) mass is 909 g/mol. The van der Waals surface area contributed by atoms with Gasteiger partial charge < -0.3 is 28.8 Å². The van der Waals surface area contributed by atoms with E-state index in [9.17, 15) is 19.4 Å². The highest BCUT2D eigenvalue weighted by atomic mass is 31.2. The Morgan fingerprint density at radius 1 is 0.540 bits per heavy atom. The van der Waals surface area contributed by atoms with Crippen LogP contribution in [0, 0.1) is 0 Å². The molecular weight excluding hydrogens is 804 g/mol. The second-order valence-electron chi connectivity index (χ2n) is 19.6. The van der Waals surface area contributed by atoms with Gasteiger partial charge in [0.1, 0.15) is 13.2 Å². The van der Waals surface area contributed by atoms with E-state index in [0.717, 1.165) is 44.9 Å².